The Hall–Kier alpha value is -4.31. The maximum absolute atomic E-state index is 13.1. The first-order valence-corrected chi connectivity index (χ1v) is 11.8. The third-order valence-corrected chi connectivity index (χ3v) is 6.21. The number of rotatable bonds is 6. The van der Waals surface area contributed by atoms with Crippen LogP contribution in [0.15, 0.2) is 60.9 Å². The van der Waals surface area contributed by atoms with E-state index in [1.165, 1.54) is 0 Å². The van der Waals surface area contributed by atoms with Crippen LogP contribution in [-0.4, -0.2) is 93.3 Å². The van der Waals surface area contributed by atoms with Gasteiger partial charge in [0, 0.05) is 69.3 Å². The van der Waals surface area contributed by atoms with Crippen molar-refractivity contribution in [2.45, 2.75) is 0 Å². The monoisotopic (exact) mass is 484 g/mol. The number of anilines is 2. The van der Waals surface area contributed by atoms with Gasteiger partial charge in [-0.15, -0.1) is 0 Å². The van der Waals surface area contributed by atoms with Gasteiger partial charge in [0.15, 0.2) is 0 Å². The number of hydrogen-bond acceptors (Lipinski definition) is 7. The largest absolute Gasteiger partial charge is 0.351 e. The number of nitrogens with one attached hydrogen (secondary N) is 2. The molecule has 184 valence electrons. The molecule has 0 bridgehead atoms. The zero-order chi connectivity index (χ0) is 25.1. The molecule has 0 saturated carbocycles. The van der Waals surface area contributed by atoms with Crippen molar-refractivity contribution < 1.29 is 9.59 Å². The molecule has 1 saturated heterocycles. The summed E-state index contributed by atoms with van der Waals surface area (Å²) >= 11 is 0. The van der Waals surface area contributed by atoms with E-state index >= 15 is 0 Å². The van der Waals surface area contributed by atoms with Crippen LogP contribution < -0.4 is 5.32 Å². The third-order valence-electron chi connectivity index (χ3n) is 6.21. The summed E-state index contributed by atoms with van der Waals surface area (Å²) < 4.78 is 0. The van der Waals surface area contributed by atoms with Crippen molar-refractivity contribution in [2.24, 2.45) is 0 Å². The van der Waals surface area contributed by atoms with Gasteiger partial charge in [-0.1, -0.05) is 6.07 Å². The van der Waals surface area contributed by atoms with Crippen LogP contribution in [-0.2, 0) is 4.79 Å². The number of carbonyl (C=O) groups is 2. The zero-order valence-corrected chi connectivity index (χ0v) is 20.3. The van der Waals surface area contributed by atoms with Crippen LogP contribution in [0.4, 0.5) is 11.6 Å². The number of carbonyl (C=O) groups excluding carboxylic acids is 2. The average molecular weight is 485 g/mol. The number of benzene rings is 1. The van der Waals surface area contributed by atoms with E-state index < -0.39 is 0 Å². The summed E-state index contributed by atoms with van der Waals surface area (Å²) in [5.41, 5.74) is 3.75. The second-order valence-corrected chi connectivity index (χ2v) is 8.95. The molecule has 0 unspecified atom stereocenters. The fourth-order valence-corrected chi connectivity index (χ4v) is 4.14. The second-order valence-electron chi connectivity index (χ2n) is 8.95. The van der Waals surface area contributed by atoms with Gasteiger partial charge in [0.25, 0.3) is 5.91 Å². The summed E-state index contributed by atoms with van der Waals surface area (Å²) in [5, 5.41) is 4.16. The highest BCUT2D eigenvalue weighted by Gasteiger charge is 2.24. The van der Waals surface area contributed by atoms with Crippen LogP contribution in [0.3, 0.4) is 0 Å². The fraction of sp³-hybridized carbons (Fsp3) is 0.269. The van der Waals surface area contributed by atoms with Gasteiger partial charge in [0.1, 0.15) is 5.69 Å². The summed E-state index contributed by atoms with van der Waals surface area (Å²) in [6, 6.07) is 15.2. The molecule has 1 aliphatic rings. The molecule has 5 rings (SSSR count). The van der Waals surface area contributed by atoms with E-state index in [1.807, 2.05) is 53.4 Å². The van der Waals surface area contributed by atoms with E-state index in [0.29, 0.717) is 44.4 Å². The van der Waals surface area contributed by atoms with Crippen molar-refractivity contribution in [3.8, 4) is 11.4 Å². The Morgan fingerprint density at radius 2 is 1.81 bits per heavy atom. The number of H-pyrrole nitrogens is 1. The van der Waals surface area contributed by atoms with Gasteiger partial charge >= 0.3 is 0 Å². The van der Waals surface area contributed by atoms with Crippen molar-refractivity contribution in [3.63, 3.8) is 0 Å². The van der Waals surface area contributed by atoms with Gasteiger partial charge in [-0.3, -0.25) is 19.5 Å². The van der Waals surface area contributed by atoms with Crippen LogP contribution in [0, 0.1) is 0 Å². The molecule has 10 nitrogen and oxygen atoms in total. The van der Waals surface area contributed by atoms with Crippen LogP contribution in [0.1, 0.15) is 10.5 Å². The molecule has 2 amide bonds. The first-order valence-electron chi connectivity index (χ1n) is 11.8. The number of pyridine rings is 1. The number of aromatic amines is 1. The minimum absolute atomic E-state index is 0.0364. The Morgan fingerprint density at radius 1 is 0.972 bits per heavy atom. The first kappa shape index (κ1) is 23.4. The smallest absolute Gasteiger partial charge is 0.270 e. The van der Waals surface area contributed by atoms with Gasteiger partial charge in [-0.25, -0.2) is 9.97 Å². The van der Waals surface area contributed by atoms with E-state index in [4.69, 9.17) is 0 Å². The minimum atomic E-state index is -0.0364. The molecular formula is C26H28N8O2. The van der Waals surface area contributed by atoms with E-state index in [1.54, 1.807) is 31.4 Å². The minimum Gasteiger partial charge on any atom is -0.351 e. The van der Waals surface area contributed by atoms with Gasteiger partial charge in [-0.05, 0) is 42.5 Å². The number of aromatic nitrogens is 4. The van der Waals surface area contributed by atoms with Crippen molar-refractivity contribution >= 4 is 34.4 Å². The molecule has 2 N–H and O–H groups in total. The molecule has 10 heteroatoms. The standard InChI is InChI=1S/C26H28N8O2/c1-32(2)24(35)17-33-11-13-34(14-12-33)25(36)23-16-18-15-19(6-7-20(18)30-23)29-26-28-10-8-22(31-26)21-5-3-4-9-27-21/h3-10,15-16,30H,11-14,17H2,1-2H3,(H,28,29,31). The lowest BCUT2D eigenvalue weighted by Crippen LogP contribution is -2.51. The lowest BCUT2D eigenvalue weighted by molar-refractivity contribution is -0.130. The van der Waals surface area contributed by atoms with Gasteiger partial charge in [-0.2, -0.15) is 0 Å². The lowest BCUT2D eigenvalue weighted by atomic mass is 10.2. The highest BCUT2D eigenvalue weighted by molar-refractivity contribution is 5.98. The number of hydrogen-bond donors (Lipinski definition) is 2. The molecule has 0 atom stereocenters. The van der Waals surface area contributed by atoms with Gasteiger partial charge in [0.05, 0.1) is 17.9 Å². The summed E-state index contributed by atoms with van der Waals surface area (Å²) in [6.07, 6.45) is 3.43. The highest BCUT2D eigenvalue weighted by Crippen LogP contribution is 2.24. The van der Waals surface area contributed by atoms with E-state index in [9.17, 15) is 9.59 Å². The summed E-state index contributed by atoms with van der Waals surface area (Å²) in [5.74, 6) is 0.504. The van der Waals surface area contributed by atoms with Crippen LogP contribution in [0.5, 0.6) is 0 Å². The second kappa shape index (κ2) is 10.1. The molecule has 0 radical (unpaired) electrons. The molecule has 3 aromatic heterocycles. The van der Waals surface area contributed by atoms with E-state index in [2.05, 4.69) is 30.2 Å². The summed E-state index contributed by atoms with van der Waals surface area (Å²) in [7, 11) is 3.51. The fourth-order valence-electron chi connectivity index (χ4n) is 4.14. The Labute approximate surface area is 209 Å². The Kier molecular flexibility index (Phi) is 6.59. The highest BCUT2D eigenvalue weighted by atomic mass is 16.2. The third kappa shape index (κ3) is 5.18. The molecule has 1 aromatic carbocycles. The lowest BCUT2D eigenvalue weighted by Gasteiger charge is -2.34. The number of amides is 2. The van der Waals surface area contributed by atoms with Crippen molar-refractivity contribution in [2.75, 3.05) is 52.1 Å². The molecule has 0 aliphatic carbocycles. The normalized spacial score (nSPS) is 14.1. The topological polar surface area (TPSA) is 110 Å². The van der Waals surface area contributed by atoms with Crippen molar-refractivity contribution in [1.82, 2.24) is 34.6 Å². The van der Waals surface area contributed by atoms with Crippen LogP contribution in [0.25, 0.3) is 22.3 Å². The maximum atomic E-state index is 13.1. The summed E-state index contributed by atoms with van der Waals surface area (Å²) in [4.78, 5) is 47.0. The molecule has 36 heavy (non-hydrogen) atoms. The predicted molar refractivity (Wildman–Crippen MR) is 138 cm³/mol. The molecule has 4 aromatic rings. The Balaban J connectivity index is 1.25. The van der Waals surface area contributed by atoms with Crippen molar-refractivity contribution in [3.05, 3.63) is 66.6 Å². The average Bonchev–Trinajstić information content (AvgIpc) is 3.33. The Morgan fingerprint density at radius 3 is 2.56 bits per heavy atom. The number of nitrogens with zero attached hydrogens (tertiary/aromatic N) is 6. The van der Waals surface area contributed by atoms with E-state index in [-0.39, 0.29) is 11.8 Å². The Bertz CT molecular complexity index is 1380. The number of fused-ring (bicyclic) bond motifs is 1. The van der Waals surface area contributed by atoms with Crippen LogP contribution in [0.2, 0.25) is 0 Å². The molecule has 1 aliphatic heterocycles. The maximum Gasteiger partial charge on any atom is 0.270 e. The van der Waals surface area contributed by atoms with Crippen LogP contribution >= 0.6 is 0 Å². The SMILES string of the molecule is CN(C)C(=O)CN1CCN(C(=O)c2cc3cc(Nc4nccc(-c5ccccn5)n4)ccc3[nH]2)CC1. The van der Waals surface area contributed by atoms with Crippen molar-refractivity contribution in [1.29, 1.82) is 0 Å². The number of piperazine rings is 1. The molecule has 0 spiro atoms. The van der Waals surface area contributed by atoms with Gasteiger partial charge < -0.3 is 20.1 Å². The quantitative estimate of drug-likeness (QED) is 0.433. The zero-order valence-electron chi connectivity index (χ0n) is 20.3. The number of likely N-dealkylation sites (N-methyl/N-ethyl adjacent to an activating group) is 1. The molecular weight excluding hydrogens is 456 g/mol. The first-order chi connectivity index (χ1) is 17.5. The van der Waals surface area contributed by atoms with Gasteiger partial charge in [0.2, 0.25) is 11.9 Å². The molecule has 4 heterocycles. The predicted octanol–water partition coefficient (Wildman–Crippen LogP) is 2.61. The molecule has 1 fully saturated rings. The summed E-state index contributed by atoms with van der Waals surface area (Å²) in [6.45, 7) is 2.91. The van der Waals surface area contributed by atoms with E-state index in [0.717, 1.165) is 28.0 Å².